The molecule has 0 radical (unpaired) electrons. The zero-order valence-electron chi connectivity index (χ0n) is 6.28. The molecule has 0 unspecified atom stereocenters. The Morgan fingerprint density at radius 1 is 1.46 bits per heavy atom. The Kier molecular flexibility index (Phi) is 3.78. The highest BCUT2D eigenvalue weighted by Gasteiger charge is 2.15. The lowest BCUT2D eigenvalue weighted by molar-refractivity contribution is 0.102. The molecule has 0 bridgehead atoms. The number of hydrogen-bond acceptors (Lipinski definition) is 1. The van der Waals surface area contributed by atoms with E-state index in [0.29, 0.717) is 0 Å². The minimum atomic E-state index is -0.965. The van der Waals surface area contributed by atoms with Crippen LogP contribution >= 0.6 is 38.5 Å². The number of rotatable bonds is 2. The molecule has 70 valence electrons. The smallest absolute Gasteiger partial charge is 0.174 e. The van der Waals surface area contributed by atoms with Crippen molar-refractivity contribution in [1.29, 1.82) is 0 Å². The summed E-state index contributed by atoms with van der Waals surface area (Å²) >= 11 is 4.57. The number of ketones is 1. The fraction of sp³-hybridized carbons (Fsp3) is 0.125. The van der Waals surface area contributed by atoms with Gasteiger partial charge in [-0.3, -0.25) is 4.79 Å². The van der Waals surface area contributed by atoms with Crippen LogP contribution in [0.1, 0.15) is 10.4 Å². The average molecular weight is 361 g/mol. The van der Waals surface area contributed by atoms with Gasteiger partial charge in [-0.05, 0) is 34.7 Å². The summed E-state index contributed by atoms with van der Waals surface area (Å²) in [6.45, 7) is 0. The summed E-state index contributed by atoms with van der Waals surface area (Å²) in [7, 11) is 0. The second kappa shape index (κ2) is 4.45. The number of halogens is 4. The van der Waals surface area contributed by atoms with Crippen molar-refractivity contribution in [2.45, 2.75) is 0 Å². The third kappa shape index (κ3) is 2.25. The molecule has 0 atom stereocenters. The topological polar surface area (TPSA) is 17.1 Å². The third-order valence-corrected chi connectivity index (χ3v) is 3.02. The van der Waals surface area contributed by atoms with Gasteiger partial charge in [0.15, 0.2) is 17.4 Å². The lowest BCUT2D eigenvalue weighted by Crippen LogP contribution is -2.05. The number of alkyl halides is 1. The van der Waals surface area contributed by atoms with Gasteiger partial charge in [0.25, 0.3) is 0 Å². The van der Waals surface area contributed by atoms with Crippen LogP contribution in [0.5, 0.6) is 0 Å². The zero-order chi connectivity index (χ0) is 10.0. The molecule has 0 fully saturated rings. The quantitative estimate of drug-likeness (QED) is 0.343. The van der Waals surface area contributed by atoms with Crippen molar-refractivity contribution in [3.05, 3.63) is 32.9 Å². The molecule has 1 aromatic carbocycles. The van der Waals surface area contributed by atoms with E-state index in [4.69, 9.17) is 0 Å². The first-order valence-corrected chi connectivity index (χ1v) is 5.50. The standard InChI is InChI=1S/C8H4BrF2IO/c9-3-6(13)4-1-2-5(10)7(11)8(4)12/h1-2H,3H2. The molecule has 1 nitrogen and oxygen atoms in total. The van der Waals surface area contributed by atoms with E-state index in [1.54, 1.807) is 22.6 Å². The maximum absolute atomic E-state index is 12.9. The van der Waals surface area contributed by atoms with E-state index in [1.807, 2.05) is 0 Å². The van der Waals surface area contributed by atoms with Gasteiger partial charge in [-0.2, -0.15) is 0 Å². The van der Waals surface area contributed by atoms with Crippen LogP contribution in [0, 0.1) is 15.2 Å². The van der Waals surface area contributed by atoms with Crippen LogP contribution in [0.15, 0.2) is 12.1 Å². The Labute approximate surface area is 95.8 Å². The van der Waals surface area contributed by atoms with E-state index in [1.165, 1.54) is 6.07 Å². The zero-order valence-corrected chi connectivity index (χ0v) is 10.0. The lowest BCUT2D eigenvalue weighted by Gasteiger charge is -2.02. The molecule has 13 heavy (non-hydrogen) atoms. The number of carbonyl (C=O) groups is 1. The average Bonchev–Trinajstić information content (AvgIpc) is 2.13. The van der Waals surface area contributed by atoms with Gasteiger partial charge in [-0.15, -0.1) is 0 Å². The Hall–Kier alpha value is -0.0400. The summed E-state index contributed by atoms with van der Waals surface area (Å²) in [5, 5.41) is 0.105. The molecule has 0 aliphatic rings. The van der Waals surface area contributed by atoms with Crippen LogP contribution in [0.25, 0.3) is 0 Å². The Bertz CT molecular complexity index is 354. The fourth-order valence-electron chi connectivity index (χ4n) is 0.813. The molecule has 0 saturated heterocycles. The van der Waals surface area contributed by atoms with Gasteiger partial charge in [0.1, 0.15) is 0 Å². The molecule has 0 aromatic heterocycles. The monoisotopic (exact) mass is 360 g/mol. The van der Waals surface area contributed by atoms with Gasteiger partial charge in [0.05, 0.1) is 8.90 Å². The highest BCUT2D eigenvalue weighted by atomic mass is 127. The molecule has 0 aliphatic heterocycles. The molecule has 1 aromatic rings. The van der Waals surface area contributed by atoms with Crippen molar-refractivity contribution in [3.63, 3.8) is 0 Å². The number of benzene rings is 1. The normalized spacial score (nSPS) is 10.2. The highest BCUT2D eigenvalue weighted by molar-refractivity contribution is 14.1. The molecule has 0 spiro atoms. The van der Waals surface area contributed by atoms with Gasteiger partial charge in [0.2, 0.25) is 0 Å². The molecular formula is C8H4BrF2IO. The largest absolute Gasteiger partial charge is 0.293 e. The van der Waals surface area contributed by atoms with E-state index >= 15 is 0 Å². The first-order chi connectivity index (χ1) is 6.07. The Morgan fingerprint density at radius 2 is 2.08 bits per heavy atom. The second-order valence-corrected chi connectivity index (χ2v) is 3.92. The van der Waals surface area contributed by atoms with Crippen LogP contribution in [-0.2, 0) is 0 Å². The maximum Gasteiger partial charge on any atom is 0.174 e. The van der Waals surface area contributed by atoms with E-state index in [2.05, 4.69) is 15.9 Å². The van der Waals surface area contributed by atoms with E-state index in [-0.39, 0.29) is 20.2 Å². The van der Waals surface area contributed by atoms with Gasteiger partial charge >= 0.3 is 0 Å². The minimum absolute atomic E-state index is 0.0297. The van der Waals surface area contributed by atoms with Crippen molar-refractivity contribution in [3.8, 4) is 0 Å². The van der Waals surface area contributed by atoms with E-state index in [9.17, 15) is 13.6 Å². The van der Waals surface area contributed by atoms with E-state index in [0.717, 1.165) is 6.07 Å². The van der Waals surface area contributed by atoms with Crippen molar-refractivity contribution in [2.24, 2.45) is 0 Å². The minimum Gasteiger partial charge on any atom is -0.293 e. The first kappa shape index (κ1) is 11.0. The maximum atomic E-state index is 12.9. The third-order valence-electron chi connectivity index (χ3n) is 1.46. The van der Waals surface area contributed by atoms with Gasteiger partial charge in [-0.1, -0.05) is 15.9 Å². The first-order valence-electron chi connectivity index (χ1n) is 3.30. The molecule has 0 heterocycles. The van der Waals surface area contributed by atoms with Gasteiger partial charge in [-0.25, -0.2) is 8.78 Å². The molecule has 5 heteroatoms. The van der Waals surface area contributed by atoms with Crippen LogP contribution in [0.3, 0.4) is 0 Å². The summed E-state index contributed by atoms with van der Waals surface area (Å²) in [6, 6.07) is 2.23. The molecule has 0 amide bonds. The van der Waals surface area contributed by atoms with Crippen LogP contribution in [0.4, 0.5) is 8.78 Å². The SMILES string of the molecule is O=C(CBr)c1ccc(F)c(F)c1I. The number of Topliss-reactive ketones (excluding diaryl/α,β-unsaturated/α-hetero) is 1. The molecular weight excluding hydrogens is 357 g/mol. The van der Waals surface area contributed by atoms with Crippen LogP contribution in [-0.4, -0.2) is 11.1 Å². The summed E-state index contributed by atoms with van der Waals surface area (Å²) in [5.74, 6) is -2.16. The van der Waals surface area contributed by atoms with E-state index < -0.39 is 11.6 Å². The predicted molar refractivity (Wildman–Crippen MR) is 57.2 cm³/mol. The van der Waals surface area contributed by atoms with Crippen molar-refractivity contribution in [2.75, 3.05) is 5.33 Å². The number of hydrogen-bond donors (Lipinski definition) is 0. The van der Waals surface area contributed by atoms with Crippen LogP contribution < -0.4 is 0 Å². The van der Waals surface area contributed by atoms with Crippen molar-refractivity contribution >= 4 is 44.3 Å². The highest BCUT2D eigenvalue weighted by Crippen LogP contribution is 2.19. The fourth-order valence-corrected chi connectivity index (χ4v) is 1.85. The van der Waals surface area contributed by atoms with Gasteiger partial charge < -0.3 is 0 Å². The predicted octanol–water partition coefficient (Wildman–Crippen LogP) is 3.15. The van der Waals surface area contributed by atoms with Crippen molar-refractivity contribution < 1.29 is 13.6 Å². The van der Waals surface area contributed by atoms with Gasteiger partial charge in [0, 0.05) is 5.56 Å². The lowest BCUT2D eigenvalue weighted by atomic mass is 10.1. The summed E-state index contributed by atoms with van der Waals surface area (Å²) in [4.78, 5) is 11.2. The molecule has 1 rings (SSSR count). The summed E-state index contributed by atoms with van der Waals surface area (Å²) in [6.07, 6.45) is 0. The summed E-state index contributed by atoms with van der Waals surface area (Å²) in [5.41, 5.74) is 0.205. The van der Waals surface area contributed by atoms with Crippen LogP contribution in [0.2, 0.25) is 0 Å². The molecule has 0 aliphatic carbocycles. The number of carbonyl (C=O) groups excluding carboxylic acids is 1. The Balaban J connectivity index is 3.26. The molecule has 0 saturated carbocycles. The second-order valence-electron chi connectivity index (χ2n) is 2.28. The molecule has 0 N–H and O–H groups in total. The van der Waals surface area contributed by atoms with Crippen molar-refractivity contribution in [1.82, 2.24) is 0 Å². The Morgan fingerprint density at radius 3 is 2.62 bits per heavy atom. The summed E-state index contributed by atoms with van der Waals surface area (Å²) < 4.78 is 25.6.